The number of hydrogen-bond donors (Lipinski definition) is 0. The molecule has 1 amide bonds. The summed E-state index contributed by atoms with van der Waals surface area (Å²) in [7, 11) is 0. The van der Waals surface area contributed by atoms with E-state index < -0.39 is 0 Å². The molecule has 1 fully saturated rings. The zero-order chi connectivity index (χ0) is 18.6. The zero-order valence-electron chi connectivity index (χ0n) is 14.6. The highest BCUT2D eigenvalue weighted by molar-refractivity contribution is 6.30. The zero-order valence-corrected chi connectivity index (χ0v) is 15.3. The maximum atomic E-state index is 12.6. The summed E-state index contributed by atoms with van der Waals surface area (Å²) >= 11 is 5.99. The molecule has 2 aromatic heterocycles. The number of likely N-dealkylation sites (tertiary alicyclic amines) is 1. The van der Waals surface area contributed by atoms with Gasteiger partial charge in [0.05, 0.1) is 6.20 Å². The second kappa shape index (κ2) is 7.84. The summed E-state index contributed by atoms with van der Waals surface area (Å²) in [5.41, 5.74) is 1.22. The first-order valence-electron chi connectivity index (χ1n) is 8.83. The molecule has 7 nitrogen and oxygen atoms in total. The Hall–Kier alpha value is -2.80. The number of nitrogens with zero attached hydrogens (tertiary/aromatic N) is 5. The van der Waals surface area contributed by atoms with Crippen LogP contribution in [0, 0.1) is 5.92 Å². The van der Waals surface area contributed by atoms with Gasteiger partial charge in [0.25, 0.3) is 5.91 Å². The van der Waals surface area contributed by atoms with Crippen molar-refractivity contribution >= 4 is 17.5 Å². The van der Waals surface area contributed by atoms with Crippen molar-refractivity contribution in [1.82, 2.24) is 25.0 Å². The molecular weight excluding hydrogens is 366 g/mol. The van der Waals surface area contributed by atoms with Gasteiger partial charge in [-0.3, -0.25) is 9.78 Å². The van der Waals surface area contributed by atoms with Gasteiger partial charge in [0, 0.05) is 42.5 Å². The highest BCUT2D eigenvalue weighted by Gasteiger charge is 2.25. The first-order valence-corrected chi connectivity index (χ1v) is 9.20. The van der Waals surface area contributed by atoms with Crippen LogP contribution in [0.2, 0.25) is 5.02 Å². The molecule has 1 saturated heterocycles. The molecule has 3 heterocycles. The summed E-state index contributed by atoms with van der Waals surface area (Å²) in [6.07, 6.45) is 7.30. The van der Waals surface area contributed by atoms with E-state index in [-0.39, 0.29) is 5.91 Å². The molecular formula is C19H18ClN5O2. The third kappa shape index (κ3) is 4.14. The normalized spacial score (nSPS) is 15.1. The Labute approximate surface area is 161 Å². The van der Waals surface area contributed by atoms with E-state index in [1.54, 1.807) is 42.9 Å². The third-order valence-corrected chi connectivity index (χ3v) is 4.93. The quantitative estimate of drug-likeness (QED) is 0.687. The van der Waals surface area contributed by atoms with Crippen LogP contribution in [0.15, 0.2) is 47.4 Å². The lowest BCUT2D eigenvalue weighted by Gasteiger charge is -2.31. The van der Waals surface area contributed by atoms with Crippen molar-refractivity contribution < 1.29 is 9.32 Å². The van der Waals surface area contributed by atoms with Gasteiger partial charge in [0.1, 0.15) is 5.69 Å². The smallest absolute Gasteiger partial charge is 0.253 e. The molecule has 0 saturated carbocycles. The van der Waals surface area contributed by atoms with E-state index in [4.69, 9.17) is 16.1 Å². The Morgan fingerprint density at radius 2 is 2.11 bits per heavy atom. The summed E-state index contributed by atoms with van der Waals surface area (Å²) in [5, 5.41) is 4.55. The fraction of sp³-hybridized carbons (Fsp3) is 0.316. The average molecular weight is 384 g/mol. The molecule has 8 heteroatoms. The molecule has 4 rings (SSSR count). The van der Waals surface area contributed by atoms with Gasteiger partial charge in [0.15, 0.2) is 0 Å². The highest BCUT2D eigenvalue weighted by atomic mass is 35.5. The Morgan fingerprint density at radius 3 is 2.85 bits per heavy atom. The average Bonchev–Trinajstić information content (AvgIpc) is 3.17. The summed E-state index contributed by atoms with van der Waals surface area (Å²) in [6, 6.07) is 7.08. The van der Waals surface area contributed by atoms with Crippen molar-refractivity contribution in [3.63, 3.8) is 0 Å². The lowest BCUT2D eigenvalue weighted by molar-refractivity contribution is 0.0687. The van der Waals surface area contributed by atoms with Gasteiger partial charge in [-0.05, 0) is 37.0 Å². The van der Waals surface area contributed by atoms with Crippen molar-refractivity contribution in [2.24, 2.45) is 5.92 Å². The summed E-state index contributed by atoms with van der Waals surface area (Å²) < 4.78 is 5.35. The van der Waals surface area contributed by atoms with Gasteiger partial charge < -0.3 is 9.42 Å². The van der Waals surface area contributed by atoms with Crippen LogP contribution in [0.1, 0.15) is 29.1 Å². The van der Waals surface area contributed by atoms with Crippen LogP contribution in [0.4, 0.5) is 0 Å². The number of hydrogen-bond acceptors (Lipinski definition) is 6. The maximum Gasteiger partial charge on any atom is 0.253 e. The number of halogens is 1. The van der Waals surface area contributed by atoms with Crippen molar-refractivity contribution in [2.75, 3.05) is 13.1 Å². The van der Waals surface area contributed by atoms with E-state index in [9.17, 15) is 4.79 Å². The Morgan fingerprint density at radius 1 is 1.26 bits per heavy atom. The van der Waals surface area contributed by atoms with Gasteiger partial charge in [-0.15, -0.1) is 0 Å². The van der Waals surface area contributed by atoms with E-state index in [0.717, 1.165) is 12.8 Å². The maximum absolute atomic E-state index is 12.6. The molecule has 0 unspecified atom stereocenters. The molecule has 0 aliphatic carbocycles. The molecule has 0 bridgehead atoms. The molecule has 1 aliphatic rings. The number of amides is 1. The van der Waals surface area contributed by atoms with Gasteiger partial charge >= 0.3 is 0 Å². The van der Waals surface area contributed by atoms with E-state index in [2.05, 4.69) is 20.1 Å². The second-order valence-corrected chi connectivity index (χ2v) is 6.99. The number of rotatable bonds is 4. The van der Waals surface area contributed by atoms with Crippen molar-refractivity contribution in [3.05, 3.63) is 59.3 Å². The second-order valence-electron chi connectivity index (χ2n) is 6.55. The van der Waals surface area contributed by atoms with E-state index in [0.29, 0.717) is 53.4 Å². The minimum atomic E-state index is 0.0266. The molecule has 0 atom stereocenters. The standard InChI is InChI=1S/C19H18ClN5O2/c20-15-3-1-2-14(11-15)19(26)25-8-4-13(5-9-25)10-17-23-18(24-27-17)16-12-21-6-7-22-16/h1-3,6-7,11-13H,4-5,8-10H2. The lowest BCUT2D eigenvalue weighted by atomic mass is 9.93. The summed E-state index contributed by atoms with van der Waals surface area (Å²) in [6.45, 7) is 1.42. The number of aromatic nitrogens is 4. The van der Waals surface area contributed by atoms with Crippen molar-refractivity contribution in [1.29, 1.82) is 0 Å². The van der Waals surface area contributed by atoms with Crippen LogP contribution in [0.3, 0.4) is 0 Å². The van der Waals surface area contributed by atoms with Gasteiger partial charge in [-0.25, -0.2) is 4.98 Å². The predicted octanol–water partition coefficient (Wildman–Crippen LogP) is 3.27. The fourth-order valence-electron chi connectivity index (χ4n) is 3.25. The number of benzene rings is 1. The SMILES string of the molecule is O=C(c1cccc(Cl)c1)N1CCC(Cc2nc(-c3cnccn3)no2)CC1. The monoisotopic (exact) mass is 383 g/mol. The topological polar surface area (TPSA) is 85.0 Å². The first-order chi connectivity index (χ1) is 13.2. The summed E-state index contributed by atoms with van der Waals surface area (Å²) in [5.74, 6) is 1.48. The van der Waals surface area contributed by atoms with Crippen LogP contribution >= 0.6 is 11.6 Å². The largest absolute Gasteiger partial charge is 0.339 e. The number of carbonyl (C=O) groups is 1. The van der Waals surface area contributed by atoms with Crippen LogP contribution in [0.5, 0.6) is 0 Å². The number of carbonyl (C=O) groups excluding carboxylic acids is 1. The molecule has 1 aliphatic heterocycles. The van der Waals surface area contributed by atoms with Gasteiger partial charge in [-0.2, -0.15) is 4.98 Å². The van der Waals surface area contributed by atoms with Gasteiger partial charge in [0.2, 0.25) is 11.7 Å². The Balaban J connectivity index is 1.33. The van der Waals surface area contributed by atoms with Crippen LogP contribution < -0.4 is 0 Å². The molecule has 0 radical (unpaired) electrons. The van der Waals surface area contributed by atoms with Crippen LogP contribution in [-0.4, -0.2) is 44.0 Å². The summed E-state index contributed by atoms with van der Waals surface area (Å²) in [4.78, 5) is 27.1. The number of piperidine rings is 1. The van der Waals surface area contributed by atoms with Gasteiger partial charge in [-0.1, -0.05) is 22.8 Å². The van der Waals surface area contributed by atoms with Crippen molar-refractivity contribution in [3.8, 4) is 11.5 Å². The minimum absolute atomic E-state index is 0.0266. The van der Waals surface area contributed by atoms with Crippen molar-refractivity contribution in [2.45, 2.75) is 19.3 Å². The van der Waals surface area contributed by atoms with Crippen LogP contribution in [0.25, 0.3) is 11.5 Å². The predicted molar refractivity (Wildman–Crippen MR) is 99.1 cm³/mol. The minimum Gasteiger partial charge on any atom is -0.339 e. The molecule has 27 heavy (non-hydrogen) atoms. The van der Waals surface area contributed by atoms with E-state index in [1.807, 2.05) is 4.90 Å². The lowest BCUT2D eigenvalue weighted by Crippen LogP contribution is -2.38. The molecule has 3 aromatic rings. The Kier molecular flexibility index (Phi) is 5.11. The van der Waals surface area contributed by atoms with Crippen LogP contribution in [-0.2, 0) is 6.42 Å². The van der Waals surface area contributed by atoms with E-state index in [1.165, 1.54) is 0 Å². The van der Waals surface area contributed by atoms with E-state index >= 15 is 0 Å². The Bertz CT molecular complexity index is 923. The molecule has 0 spiro atoms. The first kappa shape index (κ1) is 17.6. The molecule has 0 N–H and O–H groups in total. The highest BCUT2D eigenvalue weighted by Crippen LogP contribution is 2.24. The third-order valence-electron chi connectivity index (χ3n) is 4.70. The molecule has 1 aromatic carbocycles. The fourth-order valence-corrected chi connectivity index (χ4v) is 3.44. The molecule has 138 valence electrons.